The van der Waals surface area contributed by atoms with Crippen LogP contribution >= 0.6 is 11.3 Å². The number of rotatable bonds is 11. The molecule has 1 aliphatic heterocycles. The molecule has 0 aliphatic carbocycles. The summed E-state index contributed by atoms with van der Waals surface area (Å²) in [7, 11) is 1.85. The summed E-state index contributed by atoms with van der Waals surface area (Å²) in [6.07, 6.45) is 4.80. The zero-order valence-corrected chi connectivity index (χ0v) is 16.7. The van der Waals surface area contributed by atoms with E-state index >= 15 is 0 Å². The van der Waals surface area contributed by atoms with E-state index in [1.165, 1.54) is 18.5 Å². The molecular formula is C20H28N4O2S. The van der Waals surface area contributed by atoms with Crippen LogP contribution in [0.4, 0.5) is 5.82 Å². The van der Waals surface area contributed by atoms with Crippen molar-refractivity contribution in [3.8, 4) is 5.88 Å². The summed E-state index contributed by atoms with van der Waals surface area (Å²) < 4.78 is 5.82. The van der Waals surface area contributed by atoms with Gasteiger partial charge in [-0.1, -0.05) is 0 Å². The van der Waals surface area contributed by atoms with Crippen molar-refractivity contribution in [2.45, 2.75) is 32.2 Å². The van der Waals surface area contributed by atoms with Gasteiger partial charge in [-0.15, -0.1) is 11.3 Å². The molecule has 0 atom stereocenters. The number of nitrogens with one attached hydrogen (secondary N) is 2. The van der Waals surface area contributed by atoms with Gasteiger partial charge in [0, 0.05) is 37.6 Å². The Bertz CT molecular complexity index is 735. The zero-order valence-electron chi connectivity index (χ0n) is 15.9. The summed E-state index contributed by atoms with van der Waals surface area (Å²) in [4.78, 5) is 19.0. The van der Waals surface area contributed by atoms with Crippen LogP contribution in [-0.2, 0) is 24.2 Å². The van der Waals surface area contributed by atoms with E-state index in [1.807, 2.05) is 30.5 Å². The standard InChI is InChI=1S/C20H28N4O2S/c1-21-20-16(6-9-22-15-25)4-5-19(23-20)26-12-3-2-10-24-11-7-18-17(14-24)8-13-27-18/h4-5,8,13,15H,2-3,6-7,9-12,14H2,1H3,(H,21,23)(H,22,25). The fourth-order valence-corrected chi connectivity index (χ4v) is 4.24. The molecule has 3 heterocycles. The first-order valence-corrected chi connectivity index (χ1v) is 10.4. The predicted molar refractivity (Wildman–Crippen MR) is 110 cm³/mol. The number of thiophene rings is 1. The smallest absolute Gasteiger partial charge is 0.215 e. The topological polar surface area (TPSA) is 66.5 Å². The van der Waals surface area contributed by atoms with Crippen LogP contribution in [0.5, 0.6) is 5.88 Å². The second-order valence-corrected chi connectivity index (χ2v) is 7.68. The zero-order chi connectivity index (χ0) is 18.9. The third kappa shape index (κ3) is 5.68. The number of carbonyl (C=O) groups is 1. The van der Waals surface area contributed by atoms with Gasteiger partial charge in [0.25, 0.3) is 0 Å². The number of nitrogens with zero attached hydrogens (tertiary/aromatic N) is 2. The minimum Gasteiger partial charge on any atom is -0.478 e. The summed E-state index contributed by atoms with van der Waals surface area (Å²) in [5, 5.41) is 7.98. The summed E-state index contributed by atoms with van der Waals surface area (Å²) in [6, 6.07) is 6.17. The number of amides is 1. The number of ether oxygens (including phenoxy) is 1. The molecule has 1 aliphatic rings. The summed E-state index contributed by atoms with van der Waals surface area (Å²) in [5.74, 6) is 1.45. The number of fused-ring (bicyclic) bond motifs is 1. The Morgan fingerprint density at radius 1 is 1.33 bits per heavy atom. The number of anilines is 1. The molecule has 0 radical (unpaired) electrons. The van der Waals surface area contributed by atoms with Crippen LogP contribution in [0.2, 0.25) is 0 Å². The molecule has 7 heteroatoms. The molecule has 2 aromatic heterocycles. The highest BCUT2D eigenvalue weighted by atomic mass is 32.1. The lowest BCUT2D eigenvalue weighted by molar-refractivity contribution is -0.109. The molecule has 0 unspecified atom stereocenters. The van der Waals surface area contributed by atoms with Gasteiger partial charge < -0.3 is 15.4 Å². The van der Waals surface area contributed by atoms with Crippen LogP contribution in [0, 0.1) is 0 Å². The van der Waals surface area contributed by atoms with Gasteiger partial charge in [0.05, 0.1) is 6.61 Å². The van der Waals surface area contributed by atoms with Crippen molar-refractivity contribution in [1.82, 2.24) is 15.2 Å². The van der Waals surface area contributed by atoms with Gasteiger partial charge in [0.1, 0.15) is 5.82 Å². The second-order valence-electron chi connectivity index (χ2n) is 6.68. The van der Waals surface area contributed by atoms with Crippen LogP contribution in [-0.4, -0.2) is 49.6 Å². The van der Waals surface area contributed by atoms with Crippen molar-refractivity contribution in [3.63, 3.8) is 0 Å². The number of hydrogen-bond donors (Lipinski definition) is 2. The number of carbonyl (C=O) groups excluding carboxylic acids is 1. The largest absolute Gasteiger partial charge is 0.478 e. The number of unbranched alkanes of at least 4 members (excludes halogenated alkanes) is 1. The fourth-order valence-electron chi connectivity index (χ4n) is 3.35. The fraction of sp³-hybridized carbons (Fsp3) is 0.500. The van der Waals surface area contributed by atoms with E-state index in [0.717, 1.165) is 43.7 Å². The quantitative estimate of drug-likeness (QED) is 0.458. The molecule has 27 heavy (non-hydrogen) atoms. The average molecular weight is 389 g/mol. The third-order valence-electron chi connectivity index (χ3n) is 4.82. The van der Waals surface area contributed by atoms with Gasteiger partial charge in [0.15, 0.2) is 0 Å². The maximum atomic E-state index is 10.4. The maximum absolute atomic E-state index is 10.4. The molecule has 0 saturated carbocycles. The van der Waals surface area contributed by atoms with E-state index in [0.29, 0.717) is 25.4 Å². The van der Waals surface area contributed by atoms with Crippen LogP contribution in [0.15, 0.2) is 23.6 Å². The molecule has 6 nitrogen and oxygen atoms in total. The van der Waals surface area contributed by atoms with Crippen LogP contribution in [0.25, 0.3) is 0 Å². The van der Waals surface area contributed by atoms with Crippen molar-refractivity contribution < 1.29 is 9.53 Å². The molecule has 0 bridgehead atoms. The van der Waals surface area contributed by atoms with E-state index in [9.17, 15) is 4.79 Å². The summed E-state index contributed by atoms with van der Waals surface area (Å²) in [5.41, 5.74) is 2.58. The highest BCUT2D eigenvalue weighted by molar-refractivity contribution is 7.10. The van der Waals surface area contributed by atoms with Crippen molar-refractivity contribution in [2.24, 2.45) is 0 Å². The van der Waals surface area contributed by atoms with E-state index in [-0.39, 0.29) is 0 Å². The van der Waals surface area contributed by atoms with Crippen molar-refractivity contribution in [1.29, 1.82) is 0 Å². The molecular weight excluding hydrogens is 360 g/mol. The first kappa shape index (κ1) is 19.6. The highest BCUT2D eigenvalue weighted by Crippen LogP contribution is 2.24. The second kappa shape index (κ2) is 10.3. The van der Waals surface area contributed by atoms with E-state index in [2.05, 4.69) is 32.0 Å². The molecule has 146 valence electrons. The Hall–Kier alpha value is -2.12. The summed E-state index contributed by atoms with van der Waals surface area (Å²) in [6.45, 7) is 4.66. The Balaban J connectivity index is 1.37. The van der Waals surface area contributed by atoms with Crippen LogP contribution in [0.1, 0.15) is 28.8 Å². The van der Waals surface area contributed by atoms with Gasteiger partial charge in [-0.3, -0.25) is 9.69 Å². The minimum atomic E-state index is 0.601. The minimum absolute atomic E-state index is 0.601. The maximum Gasteiger partial charge on any atom is 0.215 e. The molecule has 2 aromatic rings. The molecule has 0 saturated heterocycles. The SMILES string of the molecule is CNc1nc(OCCCCN2CCc3sccc3C2)ccc1CCNC=O. The first-order chi connectivity index (χ1) is 13.3. The van der Waals surface area contributed by atoms with E-state index in [4.69, 9.17) is 4.74 Å². The number of aromatic nitrogens is 1. The first-order valence-electron chi connectivity index (χ1n) is 9.55. The molecule has 0 spiro atoms. The van der Waals surface area contributed by atoms with E-state index < -0.39 is 0 Å². The van der Waals surface area contributed by atoms with Gasteiger partial charge in [-0.05, 0) is 60.9 Å². The lowest BCUT2D eigenvalue weighted by Crippen LogP contribution is -2.30. The van der Waals surface area contributed by atoms with Crippen molar-refractivity contribution in [3.05, 3.63) is 39.6 Å². The molecule has 3 rings (SSSR count). The van der Waals surface area contributed by atoms with E-state index in [1.54, 1.807) is 4.88 Å². The van der Waals surface area contributed by atoms with Crippen molar-refractivity contribution in [2.75, 3.05) is 38.6 Å². The van der Waals surface area contributed by atoms with Crippen molar-refractivity contribution >= 4 is 23.6 Å². The number of hydrogen-bond acceptors (Lipinski definition) is 6. The Morgan fingerprint density at radius 2 is 2.26 bits per heavy atom. The normalized spacial score (nSPS) is 13.8. The third-order valence-corrected chi connectivity index (χ3v) is 5.84. The molecule has 1 amide bonds. The lowest BCUT2D eigenvalue weighted by Gasteiger charge is -2.26. The lowest BCUT2D eigenvalue weighted by atomic mass is 10.1. The Labute approximate surface area is 164 Å². The Morgan fingerprint density at radius 3 is 3.11 bits per heavy atom. The predicted octanol–water partition coefficient (Wildman–Crippen LogP) is 2.69. The monoisotopic (exact) mass is 388 g/mol. The highest BCUT2D eigenvalue weighted by Gasteiger charge is 2.16. The molecule has 2 N–H and O–H groups in total. The Kier molecular flexibility index (Phi) is 7.47. The van der Waals surface area contributed by atoms with Gasteiger partial charge in [0.2, 0.25) is 12.3 Å². The van der Waals surface area contributed by atoms with Gasteiger partial charge in [-0.2, -0.15) is 4.98 Å². The van der Waals surface area contributed by atoms with Gasteiger partial charge in [-0.25, -0.2) is 0 Å². The molecule has 0 aromatic carbocycles. The van der Waals surface area contributed by atoms with Gasteiger partial charge >= 0.3 is 0 Å². The number of pyridine rings is 1. The summed E-state index contributed by atoms with van der Waals surface area (Å²) >= 11 is 1.89. The average Bonchev–Trinajstić information content (AvgIpc) is 3.16. The van der Waals surface area contributed by atoms with Crippen LogP contribution in [0.3, 0.4) is 0 Å². The molecule has 0 fully saturated rings. The van der Waals surface area contributed by atoms with Crippen LogP contribution < -0.4 is 15.4 Å².